The van der Waals surface area contributed by atoms with E-state index in [0.29, 0.717) is 12.3 Å². The molecular weight excluding hydrogens is 198 g/mol. The minimum atomic E-state index is 0.186. The lowest BCUT2D eigenvalue weighted by atomic mass is 10.2. The number of hydrogen-bond donors (Lipinski definition) is 1. The maximum Gasteiger partial charge on any atom is 0.219 e. The third-order valence-corrected chi connectivity index (χ3v) is 2.86. The zero-order valence-corrected chi connectivity index (χ0v) is 9.48. The number of carbonyl (C=O) groups excluding carboxylic acids is 1. The van der Waals surface area contributed by atoms with Gasteiger partial charge in [0.2, 0.25) is 5.91 Å². The third kappa shape index (κ3) is 6.25. The van der Waals surface area contributed by atoms with E-state index < -0.39 is 0 Å². The first kappa shape index (κ1) is 11.8. The van der Waals surface area contributed by atoms with Gasteiger partial charge in [-0.3, -0.25) is 4.79 Å². The second kappa shape index (κ2) is 7.10. The van der Waals surface area contributed by atoms with E-state index in [1.807, 2.05) is 0 Å². The van der Waals surface area contributed by atoms with Gasteiger partial charge < -0.3 is 5.32 Å². The van der Waals surface area contributed by atoms with E-state index >= 15 is 0 Å². The standard InChI is InChI=1S/C11H20ClNO/c12-8-2-1-5-11(14)13-9-3-4-10-6-7-10/h10H,1-9H2,(H,13,14). The predicted octanol–water partition coefficient (Wildman–Crippen LogP) is 2.70. The molecule has 1 aliphatic carbocycles. The maximum absolute atomic E-state index is 11.2. The first-order valence-electron chi connectivity index (χ1n) is 5.65. The second-order valence-electron chi connectivity index (χ2n) is 4.08. The van der Waals surface area contributed by atoms with Crippen LogP contribution in [0.25, 0.3) is 0 Å². The molecule has 1 N–H and O–H groups in total. The van der Waals surface area contributed by atoms with Crippen LogP contribution in [0.5, 0.6) is 0 Å². The van der Waals surface area contributed by atoms with Gasteiger partial charge in [0.15, 0.2) is 0 Å². The minimum Gasteiger partial charge on any atom is -0.356 e. The van der Waals surface area contributed by atoms with Crippen LogP contribution in [0.1, 0.15) is 44.9 Å². The average Bonchev–Trinajstić information content (AvgIpc) is 2.97. The van der Waals surface area contributed by atoms with Crippen LogP contribution in [0.15, 0.2) is 0 Å². The molecule has 0 bridgehead atoms. The van der Waals surface area contributed by atoms with Gasteiger partial charge in [-0.05, 0) is 31.6 Å². The molecule has 0 saturated heterocycles. The summed E-state index contributed by atoms with van der Waals surface area (Å²) in [6.07, 6.45) is 7.74. The zero-order valence-electron chi connectivity index (χ0n) is 8.73. The number of rotatable bonds is 8. The monoisotopic (exact) mass is 217 g/mol. The molecule has 2 nitrogen and oxygen atoms in total. The summed E-state index contributed by atoms with van der Waals surface area (Å²) in [5.74, 6) is 1.82. The summed E-state index contributed by atoms with van der Waals surface area (Å²) in [5.41, 5.74) is 0. The number of halogens is 1. The fourth-order valence-corrected chi connectivity index (χ4v) is 1.68. The third-order valence-electron chi connectivity index (χ3n) is 2.60. The van der Waals surface area contributed by atoms with Crippen LogP contribution in [-0.4, -0.2) is 18.3 Å². The molecule has 0 heterocycles. The molecule has 0 atom stereocenters. The van der Waals surface area contributed by atoms with Gasteiger partial charge in [0.05, 0.1) is 0 Å². The van der Waals surface area contributed by atoms with Crippen LogP contribution < -0.4 is 5.32 Å². The molecule has 0 spiro atoms. The summed E-state index contributed by atoms with van der Waals surface area (Å²) in [6.45, 7) is 0.857. The predicted molar refractivity (Wildman–Crippen MR) is 59.5 cm³/mol. The number of amides is 1. The van der Waals surface area contributed by atoms with Gasteiger partial charge >= 0.3 is 0 Å². The molecule has 0 aromatic heterocycles. The number of alkyl halides is 1. The topological polar surface area (TPSA) is 29.1 Å². The lowest BCUT2D eigenvalue weighted by Gasteiger charge is -2.03. The second-order valence-corrected chi connectivity index (χ2v) is 4.46. The van der Waals surface area contributed by atoms with Crippen molar-refractivity contribution in [1.29, 1.82) is 0 Å². The molecular formula is C11H20ClNO. The molecule has 0 aromatic rings. The molecule has 3 heteroatoms. The van der Waals surface area contributed by atoms with Gasteiger partial charge in [-0.1, -0.05) is 12.8 Å². The van der Waals surface area contributed by atoms with Crippen LogP contribution in [0.2, 0.25) is 0 Å². The highest BCUT2D eigenvalue weighted by molar-refractivity contribution is 6.17. The SMILES string of the molecule is O=C(CCCCCl)NCCCC1CC1. The van der Waals surface area contributed by atoms with E-state index in [4.69, 9.17) is 11.6 Å². The first-order valence-corrected chi connectivity index (χ1v) is 6.19. The van der Waals surface area contributed by atoms with Gasteiger partial charge in [0, 0.05) is 18.8 Å². The Bertz CT molecular complexity index is 169. The molecule has 1 rings (SSSR count). The molecule has 1 saturated carbocycles. The lowest BCUT2D eigenvalue weighted by molar-refractivity contribution is -0.121. The number of hydrogen-bond acceptors (Lipinski definition) is 1. The van der Waals surface area contributed by atoms with Crippen molar-refractivity contribution in [2.45, 2.75) is 44.9 Å². The van der Waals surface area contributed by atoms with Crippen molar-refractivity contribution < 1.29 is 4.79 Å². The van der Waals surface area contributed by atoms with E-state index in [1.54, 1.807) is 0 Å². The molecule has 0 radical (unpaired) electrons. The molecule has 0 aromatic carbocycles. The summed E-state index contributed by atoms with van der Waals surface area (Å²) in [7, 11) is 0. The molecule has 1 aliphatic rings. The smallest absolute Gasteiger partial charge is 0.219 e. The van der Waals surface area contributed by atoms with E-state index in [2.05, 4.69) is 5.32 Å². The largest absolute Gasteiger partial charge is 0.356 e. The highest BCUT2D eigenvalue weighted by Gasteiger charge is 2.19. The summed E-state index contributed by atoms with van der Waals surface area (Å²) < 4.78 is 0. The van der Waals surface area contributed by atoms with Crippen LogP contribution >= 0.6 is 11.6 Å². The van der Waals surface area contributed by atoms with Crippen LogP contribution in [0.4, 0.5) is 0 Å². The Hall–Kier alpha value is -0.240. The number of unbranched alkanes of at least 4 members (excludes halogenated alkanes) is 1. The summed E-state index contributed by atoms with van der Waals surface area (Å²) >= 11 is 5.52. The highest BCUT2D eigenvalue weighted by atomic mass is 35.5. The van der Waals surface area contributed by atoms with Crippen LogP contribution in [0.3, 0.4) is 0 Å². The fourth-order valence-electron chi connectivity index (χ4n) is 1.49. The molecule has 82 valence electrons. The minimum absolute atomic E-state index is 0.186. The van der Waals surface area contributed by atoms with Gasteiger partial charge in [0.25, 0.3) is 0 Å². The van der Waals surface area contributed by atoms with E-state index in [1.165, 1.54) is 19.3 Å². The molecule has 0 aliphatic heterocycles. The van der Waals surface area contributed by atoms with E-state index in [9.17, 15) is 4.79 Å². The number of carbonyl (C=O) groups is 1. The van der Waals surface area contributed by atoms with Crippen LogP contribution in [0, 0.1) is 5.92 Å². The molecule has 1 amide bonds. The lowest BCUT2D eigenvalue weighted by Crippen LogP contribution is -2.24. The quantitative estimate of drug-likeness (QED) is 0.492. The van der Waals surface area contributed by atoms with Gasteiger partial charge in [0.1, 0.15) is 0 Å². The highest BCUT2D eigenvalue weighted by Crippen LogP contribution is 2.33. The van der Waals surface area contributed by atoms with Gasteiger partial charge in [-0.2, -0.15) is 0 Å². The normalized spacial score (nSPS) is 15.5. The Balaban J connectivity index is 1.81. The molecule has 14 heavy (non-hydrogen) atoms. The van der Waals surface area contributed by atoms with Crippen molar-refractivity contribution in [2.75, 3.05) is 12.4 Å². The Morgan fingerprint density at radius 3 is 2.71 bits per heavy atom. The van der Waals surface area contributed by atoms with E-state index in [0.717, 1.165) is 31.7 Å². The Kier molecular flexibility index (Phi) is 6.00. The van der Waals surface area contributed by atoms with Crippen molar-refractivity contribution in [3.05, 3.63) is 0 Å². The van der Waals surface area contributed by atoms with Gasteiger partial charge in [-0.15, -0.1) is 11.6 Å². The summed E-state index contributed by atoms with van der Waals surface area (Å²) in [4.78, 5) is 11.2. The maximum atomic E-state index is 11.2. The molecule has 1 fully saturated rings. The Morgan fingerprint density at radius 2 is 2.07 bits per heavy atom. The Morgan fingerprint density at radius 1 is 1.29 bits per heavy atom. The fraction of sp³-hybridized carbons (Fsp3) is 0.909. The van der Waals surface area contributed by atoms with Crippen molar-refractivity contribution in [3.63, 3.8) is 0 Å². The average molecular weight is 218 g/mol. The Labute approximate surface area is 91.4 Å². The van der Waals surface area contributed by atoms with Crippen molar-refractivity contribution in [2.24, 2.45) is 5.92 Å². The van der Waals surface area contributed by atoms with Crippen LogP contribution in [-0.2, 0) is 4.79 Å². The first-order chi connectivity index (χ1) is 6.83. The van der Waals surface area contributed by atoms with Crippen molar-refractivity contribution in [1.82, 2.24) is 5.32 Å². The summed E-state index contributed by atoms with van der Waals surface area (Å²) in [5, 5.41) is 2.94. The zero-order chi connectivity index (χ0) is 10.2. The van der Waals surface area contributed by atoms with E-state index in [-0.39, 0.29) is 5.91 Å². The summed E-state index contributed by atoms with van der Waals surface area (Å²) in [6, 6.07) is 0. The van der Waals surface area contributed by atoms with Crippen molar-refractivity contribution in [3.8, 4) is 0 Å². The van der Waals surface area contributed by atoms with Crippen molar-refractivity contribution >= 4 is 17.5 Å². The van der Waals surface area contributed by atoms with Gasteiger partial charge in [-0.25, -0.2) is 0 Å². The number of nitrogens with one attached hydrogen (secondary N) is 1. The molecule has 0 unspecified atom stereocenters.